The normalized spacial score (nSPS) is 17.1. The average Bonchev–Trinajstić information content (AvgIpc) is 3.90. The first-order chi connectivity index (χ1) is 34.7. The lowest BCUT2D eigenvalue weighted by Gasteiger charge is -2.41. The van der Waals surface area contributed by atoms with E-state index in [0.717, 1.165) is 28.6 Å². The van der Waals surface area contributed by atoms with Crippen LogP contribution in [-0.2, 0) is 10.8 Å². The molecule has 1 heterocycles. The van der Waals surface area contributed by atoms with Gasteiger partial charge in [-0.15, -0.1) is 0 Å². The fourth-order valence-corrected chi connectivity index (χ4v) is 14.1. The van der Waals surface area contributed by atoms with Gasteiger partial charge in [-0.2, -0.15) is 0 Å². The van der Waals surface area contributed by atoms with Gasteiger partial charge < -0.3 is 9.64 Å². The van der Waals surface area contributed by atoms with Gasteiger partial charge in [0.25, 0.3) is 0 Å². The van der Waals surface area contributed by atoms with Crippen LogP contribution >= 0.6 is 0 Å². The first-order valence-electron chi connectivity index (χ1n) is 26.1. The maximum atomic E-state index is 7.15. The summed E-state index contributed by atoms with van der Waals surface area (Å²) < 4.78 is 7.15. The lowest BCUT2D eigenvalue weighted by molar-refractivity contribution is 0.424. The smallest absolute Gasteiger partial charge is 0.132 e. The summed E-state index contributed by atoms with van der Waals surface area (Å²) in [5.41, 5.74) is 20.8. The Labute approximate surface area is 413 Å². The van der Waals surface area contributed by atoms with Crippen molar-refractivity contribution in [2.75, 3.05) is 4.90 Å². The highest BCUT2D eigenvalue weighted by molar-refractivity contribution is 5.93. The molecular formula is C68H57NO. The molecular weight excluding hydrogens is 847 g/mol. The number of hydrogen-bond donors (Lipinski definition) is 0. The molecule has 5 aliphatic rings. The van der Waals surface area contributed by atoms with Crippen LogP contribution in [0, 0.1) is 0 Å². The maximum absolute atomic E-state index is 7.15. The molecule has 0 radical (unpaired) electrons. The fraction of sp³-hybridized carbons (Fsp3) is 0.206. The van der Waals surface area contributed by atoms with Crippen molar-refractivity contribution in [1.82, 2.24) is 0 Å². The van der Waals surface area contributed by atoms with E-state index in [0.29, 0.717) is 11.8 Å². The van der Waals surface area contributed by atoms with Gasteiger partial charge in [0.15, 0.2) is 0 Å². The third-order valence-electron chi connectivity index (χ3n) is 17.2. The van der Waals surface area contributed by atoms with E-state index >= 15 is 0 Å². The van der Waals surface area contributed by atoms with Gasteiger partial charge >= 0.3 is 0 Å². The first kappa shape index (κ1) is 41.5. The third-order valence-corrected chi connectivity index (χ3v) is 17.2. The largest absolute Gasteiger partial charge is 0.457 e. The summed E-state index contributed by atoms with van der Waals surface area (Å²) in [6, 6.07) is 80.9. The quantitative estimate of drug-likeness (QED) is 0.158. The third kappa shape index (κ3) is 6.18. The van der Waals surface area contributed by atoms with Crippen molar-refractivity contribution in [3.8, 4) is 33.8 Å². The SMILES string of the molecule is c1ccc(N(c2ccc3c(c2)C(c2ccccc2)(c2ccccc2)c2ccccc2-3)c2ccc3c(c2)C2(c4cc(C5CCCCC5)ccc4Oc4ccc(C5CCCCC5)cc42)c2ccccc2-3)cc1. The summed E-state index contributed by atoms with van der Waals surface area (Å²) in [5, 5.41) is 0. The van der Waals surface area contributed by atoms with Crippen molar-refractivity contribution < 1.29 is 4.74 Å². The second-order valence-corrected chi connectivity index (χ2v) is 20.7. The monoisotopic (exact) mass is 903 g/mol. The Kier molecular flexibility index (Phi) is 9.87. The van der Waals surface area contributed by atoms with E-state index in [1.807, 2.05) is 0 Å². The van der Waals surface area contributed by atoms with Crippen molar-refractivity contribution in [2.24, 2.45) is 0 Å². The van der Waals surface area contributed by atoms with E-state index in [-0.39, 0.29) is 0 Å². The van der Waals surface area contributed by atoms with Gasteiger partial charge in [0.05, 0.1) is 10.8 Å². The molecule has 70 heavy (non-hydrogen) atoms. The molecule has 1 spiro atoms. The van der Waals surface area contributed by atoms with Crippen LogP contribution in [0.15, 0.2) is 212 Å². The minimum absolute atomic E-state index is 0.516. The number of fused-ring (bicyclic) bond motifs is 12. The molecule has 2 heteroatoms. The molecule has 0 amide bonds. The van der Waals surface area contributed by atoms with Crippen molar-refractivity contribution in [1.29, 1.82) is 0 Å². The lowest BCUT2D eigenvalue weighted by atomic mass is 9.64. The molecule has 2 fully saturated rings. The predicted molar refractivity (Wildman–Crippen MR) is 287 cm³/mol. The van der Waals surface area contributed by atoms with Gasteiger partial charge in [-0.1, -0.05) is 202 Å². The summed E-state index contributed by atoms with van der Waals surface area (Å²) in [4.78, 5) is 2.51. The Morgan fingerprint density at radius 1 is 0.314 bits per heavy atom. The van der Waals surface area contributed by atoms with E-state index in [2.05, 4.69) is 217 Å². The fourth-order valence-electron chi connectivity index (χ4n) is 14.1. The molecule has 2 nitrogen and oxygen atoms in total. The van der Waals surface area contributed by atoms with Gasteiger partial charge in [0, 0.05) is 28.2 Å². The zero-order valence-electron chi connectivity index (χ0n) is 39.8. The van der Waals surface area contributed by atoms with Crippen LogP contribution < -0.4 is 9.64 Å². The Hall–Kier alpha value is -7.42. The molecule has 0 unspecified atom stereocenters. The molecule has 0 aromatic heterocycles. The van der Waals surface area contributed by atoms with Crippen LogP contribution in [0.4, 0.5) is 17.1 Å². The highest BCUT2D eigenvalue weighted by Crippen LogP contribution is 2.64. The van der Waals surface area contributed by atoms with Crippen molar-refractivity contribution in [3.05, 3.63) is 268 Å². The summed E-state index contributed by atoms with van der Waals surface area (Å²) in [6.45, 7) is 0. The molecule has 9 aromatic carbocycles. The number of rotatable bonds is 7. The number of nitrogens with zero attached hydrogens (tertiary/aromatic N) is 1. The molecule has 0 saturated heterocycles. The topological polar surface area (TPSA) is 12.5 Å². The second kappa shape index (κ2) is 16.6. The summed E-state index contributed by atoms with van der Waals surface area (Å²) in [6.07, 6.45) is 12.9. The highest BCUT2D eigenvalue weighted by atomic mass is 16.5. The number of hydrogen-bond acceptors (Lipinski definition) is 2. The molecule has 340 valence electrons. The summed E-state index contributed by atoms with van der Waals surface area (Å²) >= 11 is 0. The number of anilines is 3. The second-order valence-electron chi connectivity index (χ2n) is 20.7. The molecule has 14 rings (SSSR count). The molecule has 9 aromatic rings. The zero-order chi connectivity index (χ0) is 46.2. The van der Waals surface area contributed by atoms with Crippen LogP contribution in [0.25, 0.3) is 22.3 Å². The summed E-state index contributed by atoms with van der Waals surface area (Å²) in [5.74, 6) is 3.07. The molecule has 4 aliphatic carbocycles. The van der Waals surface area contributed by atoms with Gasteiger partial charge in [0.2, 0.25) is 0 Å². The molecule has 2 saturated carbocycles. The van der Waals surface area contributed by atoms with E-state index < -0.39 is 10.8 Å². The first-order valence-corrected chi connectivity index (χ1v) is 26.1. The Morgan fingerprint density at radius 2 is 0.729 bits per heavy atom. The average molecular weight is 904 g/mol. The Morgan fingerprint density at radius 3 is 1.23 bits per heavy atom. The minimum Gasteiger partial charge on any atom is -0.457 e. The van der Waals surface area contributed by atoms with Crippen molar-refractivity contribution in [2.45, 2.75) is 86.9 Å². The van der Waals surface area contributed by atoms with E-state index in [1.54, 1.807) is 0 Å². The van der Waals surface area contributed by atoms with Crippen LogP contribution in [0.5, 0.6) is 11.5 Å². The van der Waals surface area contributed by atoms with Gasteiger partial charge in [-0.3, -0.25) is 0 Å². The van der Waals surface area contributed by atoms with Crippen LogP contribution in [0.2, 0.25) is 0 Å². The Bertz CT molecular complexity index is 3330. The van der Waals surface area contributed by atoms with Gasteiger partial charge in [-0.25, -0.2) is 0 Å². The minimum atomic E-state index is -0.585. The Balaban J connectivity index is 1.02. The van der Waals surface area contributed by atoms with E-state index in [1.165, 1.54) is 142 Å². The van der Waals surface area contributed by atoms with Crippen LogP contribution in [-0.4, -0.2) is 0 Å². The number of benzene rings is 9. The molecule has 1 aliphatic heterocycles. The molecule has 0 N–H and O–H groups in total. The molecule has 0 atom stereocenters. The number of para-hydroxylation sites is 1. The highest BCUT2D eigenvalue weighted by Gasteiger charge is 2.52. The van der Waals surface area contributed by atoms with Crippen LogP contribution in [0.1, 0.15) is 132 Å². The standard InChI is InChI=1S/C68H57NO/c1-6-20-46(21-7-1)48-34-40-65-63(42-48)68(64-43-49(35-41-66(64)70-65)47-22-8-2-9-23-47)60-33-19-17-31-56(60)58-39-37-54(45-62(58)68)69(52-28-14-5-15-29-52)53-36-38-57-55-30-16-18-32-59(55)67(61(57)44-53,50-24-10-3-11-25-50)51-26-12-4-13-27-51/h3-5,10-19,24-47H,1-2,6-9,20-23H2. The van der Waals surface area contributed by atoms with Gasteiger partial charge in [-0.05, 0) is 153 Å². The lowest BCUT2D eigenvalue weighted by Crippen LogP contribution is -2.33. The zero-order valence-corrected chi connectivity index (χ0v) is 39.8. The molecule has 0 bridgehead atoms. The maximum Gasteiger partial charge on any atom is 0.132 e. The number of ether oxygens (including phenoxy) is 1. The summed E-state index contributed by atoms with van der Waals surface area (Å²) in [7, 11) is 0. The predicted octanol–water partition coefficient (Wildman–Crippen LogP) is 18.1. The van der Waals surface area contributed by atoms with Crippen LogP contribution in [0.3, 0.4) is 0 Å². The van der Waals surface area contributed by atoms with Crippen molar-refractivity contribution >= 4 is 17.1 Å². The van der Waals surface area contributed by atoms with E-state index in [4.69, 9.17) is 4.74 Å². The van der Waals surface area contributed by atoms with Crippen molar-refractivity contribution in [3.63, 3.8) is 0 Å². The van der Waals surface area contributed by atoms with Gasteiger partial charge in [0.1, 0.15) is 11.5 Å². The van der Waals surface area contributed by atoms with E-state index in [9.17, 15) is 0 Å².